The summed E-state index contributed by atoms with van der Waals surface area (Å²) in [6.45, 7) is 4.19. The van der Waals surface area contributed by atoms with Crippen LogP contribution in [0.2, 0.25) is 0 Å². The van der Waals surface area contributed by atoms with Crippen LogP contribution in [0, 0.1) is 0 Å². The topological polar surface area (TPSA) is 110 Å². The van der Waals surface area contributed by atoms with Crippen molar-refractivity contribution in [2.24, 2.45) is 5.73 Å². The van der Waals surface area contributed by atoms with E-state index in [1.54, 1.807) is 24.3 Å². The van der Waals surface area contributed by atoms with Crippen LogP contribution in [0.15, 0.2) is 30.3 Å². The number of nitrogens with zero attached hydrogens (tertiary/aromatic N) is 1. The van der Waals surface area contributed by atoms with E-state index >= 15 is 0 Å². The first-order valence-electron chi connectivity index (χ1n) is 19.3. The summed E-state index contributed by atoms with van der Waals surface area (Å²) in [6, 6.07) is 7.84. The van der Waals surface area contributed by atoms with Crippen LogP contribution < -0.4 is 11.1 Å². The van der Waals surface area contributed by atoms with Crippen LogP contribution in [0.3, 0.4) is 0 Å². The van der Waals surface area contributed by atoms with Gasteiger partial charge in [0.15, 0.2) is 5.78 Å². The number of benzene rings is 1. The molecule has 1 unspecified atom stereocenters. The molecule has 1 saturated heterocycles. The summed E-state index contributed by atoms with van der Waals surface area (Å²) in [5.41, 5.74) is 6.82. The molecular weight excluding hydrogens is 586 g/mol. The molecule has 1 heterocycles. The van der Waals surface area contributed by atoms with Crippen LogP contribution >= 0.6 is 0 Å². The van der Waals surface area contributed by atoms with Gasteiger partial charge in [0.1, 0.15) is 6.04 Å². The molecule has 47 heavy (non-hydrogen) atoms. The Morgan fingerprint density at radius 3 is 1.64 bits per heavy atom. The fourth-order valence-electron chi connectivity index (χ4n) is 6.79. The molecule has 0 aromatic heterocycles. The number of rotatable bonds is 28. The number of ketones is 1. The first kappa shape index (κ1) is 40.6. The maximum atomic E-state index is 13.4. The van der Waals surface area contributed by atoms with Crippen LogP contribution in [0.5, 0.6) is 0 Å². The predicted molar refractivity (Wildman–Crippen MR) is 193 cm³/mol. The molecule has 7 heteroatoms. The second kappa shape index (κ2) is 24.6. The number of likely N-dealkylation sites (tertiary alicyclic amines) is 1. The van der Waals surface area contributed by atoms with Gasteiger partial charge in [-0.15, -0.1) is 0 Å². The SMILES string of the molecule is CCCCCCCCCCCCC(N)(CCCCCCCCCCCC)CC(=O)NC1CCC(=O)N(CC(=O)c2ccccc2)C1=O. The quantitative estimate of drug-likeness (QED) is 0.0532. The molecular formula is C40H67N3O4. The number of piperidine rings is 1. The first-order chi connectivity index (χ1) is 22.8. The molecule has 0 spiro atoms. The lowest BCUT2D eigenvalue weighted by Crippen LogP contribution is -2.56. The lowest BCUT2D eigenvalue weighted by molar-refractivity contribution is -0.150. The van der Waals surface area contributed by atoms with Gasteiger partial charge in [0, 0.05) is 23.9 Å². The smallest absolute Gasteiger partial charge is 0.252 e. The predicted octanol–water partition coefficient (Wildman–Crippen LogP) is 9.21. The third kappa shape index (κ3) is 17.4. The number of carbonyl (C=O) groups excluding carboxylic acids is 4. The number of hydrogen-bond acceptors (Lipinski definition) is 5. The van der Waals surface area contributed by atoms with Gasteiger partial charge in [-0.25, -0.2) is 0 Å². The maximum Gasteiger partial charge on any atom is 0.252 e. The summed E-state index contributed by atoms with van der Waals surface area (Å²) in [5, 5.41) is 2.89. The van der Waals surface area contributed by atoms with Gasteiger partial charge in [0.2, 0.25) is 11.8 Å². The highest BCUT2D eigenvalue weighted by Crippen LogP contribution is 2.26. The van der Waals surface area contributed by atoms with Crippen LogP contribution in [0.1, 0.15) is 185 Å². The van der Waals surface area contributed by atoms with Gasteiger partial charge in [-0.2, -0.15) is 0 Å². The van der Waals surface area contributed by atoms with Crippen molar-refractivity contribution < 1.29 is 19.2 Å². The number of amides is 3. The fraction of sp³-hybridized carbons (Fsp3) is 0.750. The fourth-order valence-corrected chi connectivity index (χ4v) is 6.79. The number of hydrogen-bond donors (Lipinski definition) is 2. The van der Waals surface area contributed by atoms with Gasteiger partial charge < -0.3 is 11.1 Å². The molecule has 0 bridgehead atoms. The largest absolute Gasteiger partial charge is 0.344 e. The van der Waals surface area contributed by atoms with E-state index < -0.39 is 17.5 Å². The Morgan fingerprint density at radius 1 is 0.723 bits per heavy atom. The Labute approximate surface area is 286 Å². The minimum atomic E-state index is -0.817. The molecule has 1 atom stereocenters. The van der Waals surface area contributed by atoms with Gasteiger partial charge in [0.25, 0.3) is 5.91 Å². The molecule has 1 aromatic carbocycles. The summed E-state index contributed by atoms with van der Waals surface area (Å²) >= 11 is 0. The molecule has 266 valence electrons. The Balaban J connectivity index is 1.85. The van der Waals surface area contributed by atoms with Crippen molar-refractivity contribution in [1.82, 2.24) is 10.2 Å². The van der Waals surface area contributed by atoms with E-state index in [9.17, 15) is 19.2 Å². The van der Waals surface area contributed by atoms with Crippen LogP contribution in [-0.4, -0.2) is 46.5 Å². The van der Waals surface area contributed by atoms with Crippen molar-refractivity contribution in [1.29, 1.82) is 0 Å². The zero-order valence-corrected chi connectivity index (χ0v) is 30.0. The van der Waals surface area contributed by atoms with Crippen LogP contribution in [0.25, 0.3) is 0 Å². The normalized spacial score (nSPS) is 15.3. The minimum Gasteiger partial charge on any atom is -0.344 e. The second-order valence-electron chi connectivity index (χ2n) is 14.2. The highest BCUT2D eigenvalue weighted by Gasteiger charge is 2.37. The number of nitrogens with two attached hydrogens (primary N) is 1. The summed E-state index contributed by atoms with van der Waals surface area (Å²) in [5.74, 6) is -1.42. The monoisotopic (exact) mass is 654 g/mol. The van der Waals surface area contributed by atoms with E-state index in [1.807, 2.05) is 6.07 Å². The number of imide groups is 1. The first-order valence-corrected chi connectivity index (χ1v) is 19.3. The Kier molecular flexibility index (Phi) is 21.3. The molecule has 1 fully saturated rings. The highest BCUT2D eigenvalue weighted by atomic mass is 16.2. The van der Waals surface area contributed by atoms with E-state index in [0.717, 1.165) is 43.4 Å². The number of Topliss-reactive ketones (excluding diaryl/α,β-unsaturated/α-hetero) is 1. The Morgan fingerprint density at radius 2 is 1.17 bits per heavy atom. The van der Waals surface area contributed by atoms with E-state index in [0.29, 0.717) is 5.56 Å². The third-order valence-corrected chi connectivity index (χ3v) is 9.81. The number of unbranched alkanes of at least 4 members (excludes halogenated alkanes) is 18. The molecule has 3 amide bonds. The summed E-state index contributed by atoms with van der Waals surface area (Å²) < 4.78 is 0. The van der Waals surface area contributed by atoms with Crippen molar-refractivity contribution in [3.63, 3.8) is 0 Å². The zero-order chi connectivity index (χ0) is 34.2. The van der Waals surface area contributed by atoms with Crippen molar-refractivity contribution in [2.75, 3.05) is 6.54 Å². The Bertz CT molecular complexity index is 1000. The average molecular weight is 654 g/mol. The summed E-state index contributed by atoms with van der Waals surface area (Å²) in [6.07, 6.45) is 27.2. The van der Waals surface area contributed by atoms with Crippen molar-refractivity contribution in [3.8, 4) is 0 Å². The molecule has 0 aliphatic carbocycles. The average Bonchev–Trinajstić information content (AvgIpc) is 3.06. The van der Waals surface area contributed by atoms with Crippen LogP contribution in [-0.2, 0) is 14.4 Å². The minimum absolute atomic E-state index is 0.115. The lowest BCUT2D eigenvalue weighted by Gasteiger charge is -2.33. The standard InChI is InChI=1S/C40H67N3O4/c1-3-5-7-9-11-13-15-17-19-24-30-40(41,31-25-20-18-16-14-12-10-8-6-4-2)32-37(45)42-35-28-29-38(46)43(39(35)47)33-36(44)34-26-22-21-23-27-34/h21-23,26-27,35H,3-20,24-25,28-33,41H2,1-2H3,(H,42,45). The molecule has 2 rings (SSSR count). The highest BCUT2D eigenvalue weighted by molar-refractivity contribution is 6.07. The molecule has 1 aliphatic heterocycles. The maximum absolute atomic E-state index is 13.4. The van der Waals surface area contributed by atoms with Gasteiger partial charge in [0.05, 0.1) is 6.54 Å². The van der Waals surface area contributed by atoms with Gasteiger partial charge in [-0.05, 0) is 19.3 Å². The third-order valence-electron chi connectivity index (χ3n) is 9.81. The van der Waals surface area contributed by atoms with E-state index in [4.69, 9.17) is 5.73 Å². The van der Waals surface area contributed by atoms with Gasteiger partial charge in [-0.1, -0.05) is 173 Å². The van der Waals surface area contributed by atoms with Gasteiger partial charge in [-0.3, -0.25) is 24.1 Å². The summed E-state index contributed by atoms with van der Waals surface area (Å²) in [4.78, 5) is 53.0. The van der Waals surface area contributed by atoms with Crippen molar-refractivity contribution in [3.05, 3.63) is 35.9 Å². The molecule has 1 aliphatic rings. The lowest BCUT2D eigenvalue weighted by atomic mass is 9.84. The van der Waals surface area contributed by atoms with E-state index in [-0.39, 0.29) is 43.4 Å². The van der Waals surface area contributed by atoms with E-state index in [2.05, 4.69) is 19.2 Å². The molecule has 0 radical (unpaired) electrons. The number of carbonyl (C=O) groups is 4. The molecule has 1 aromatic rings. The second-order valence-corrected chi connectivity index (χ2v) is 14.2. The van der Waals surface area contributed by atoms with Crippen LogP contribution in [0.4, 0.5) is 0 Å². The molecule has 7 nitrogen and oxygen atoms in total. The van der Waals surface area contributed by atoms with Crippen molar-refractivity contribution in [2.45, 2.75) is 186 Å². The summed E-state index contributed by atoms with van der Waals surface area (Å²) in [7, 11) is 0. The Hall–Kier alpha value is -2.54. The molecule has 0 saturated carbocycles. The number of nitrogens with one attached hydrogen (secondary N) is 1. The van der Waals surface area contributed by atoms with E-state index in [1.165, 1.54) is 103 Å². The van der Waals surface area contributed by atoms with Gasteiger partial charge >= 0.3 is 0 Å². The zero-order valence-electron chi connectivity index (χ0n) is 30.0. The molecule has 3 N–H and O–H groups in total. The van der Waals surface area contributed by atoms with Crippen molar-refractivity contribution >= 4 is 23.5 Å².